The number of carbonyl (C=O) groups is 2. The van der Waals surface area contributed by atoms with Crippen molar-refractivity contribution in [2.24, 2.45) is 0 Å². The summed E-state index contributed by atoms with van der Waals surface area (Å²) in [4.78, 5) is 24.5. The third kappa shape index (κ3) is 2.63. The predicted octanol–water partition coefficient (Wildman–Crippen LogP) is -1.16. The number of ether oxygens (including phenoxy) is 2. The average molecular weight is 259 g/mol. The van der Waals surface area contributed by atoms with Crippen molar-refractivity contribution in [1.29, 1.82) is 0 Å². The maximum Gasteiger partial charge on any atom is 0.332 e. The van der Waals surface area contributed by atoms with E-state index < -0.39 is 18.2 Å². The van der Waals surface area contributed by atoms with Crippen LogP contribution in [0.2, 0.25) is 0 Å². The second-order valence-electron chi connectivity index (χ2n) is 4.47. The molecule has 2 N–H and O–H groups in total. The predicted molar refractivity (Wildman–Crippen MR) is 58.9 cm³/mol. The summed E-state index contributed by atoms with van der Waals surface area (Å²) in [5, 5.41) is 18.0. The molecule has 0 saturated carbocycles. The van der Waals surface area contributed by atoms with Crippen LogP contribution in [0.15, 0.2) is 0 Å². The molecule has 2 saturated heterocycles. The van der Waals surface area contributed by atoms with Gasteiger partial charge in [0.05, 0.1) is 25.9 Å². The summed E-state index contributed by atoms with van der Waals surface area (Å²) >= 11 is 0. The van der Waals surface area contributed by atoms with Crippen molar-refractivity contribution in [3.63, 3.8) is 0 Å². The molecule has 18 heavy (non-hydrogen) atoms. The van der Waals surface area contributed by atoms with E-state index in [0.29, 0.717) is 32.6 Å². The average Bonchev–Trinajstić information content (AvgIpc) is 2.87. The summed E-state index contributed by atoms with van der Waals surface area (Å²) in [6.45, 7) is 0.969. The summed E-state index contributed by atoms with van der Waals surface area (Å²) in [6, 6.07) is -0.362. The Morgan fingerprint density at radius 1 is 1.28 bits per heavy atom. The van der Waals surface area contributed by atoms with E-state index in [2.05, 4.69) is 0 Å². The van der Waals surface area contributed by atoms with E-state index in [1.54, 1.807) is 0 Å². The van der Waals surface area contributed by atoms with Crippen LogP contribution in [-0.2, 0) is 19.1 Å². The first kappa shape index (κ1) is 13.3. The summed E-state index contributed by atoms with van der Waals surface area (Å²) in [6.07, 6.45) is -0.851. The SMILES string of the molecule is O=C(O)C1CCC(C(=O)N2CCOCC2CO)O1. The second-order valence-corrected chi connectivity index (χ2v) is 4.47. The van der Waals surface area contributed by atoms with Gasteiger partial charge in [-0.05, 0) is 12.8 Å². The van der Waals surface area contributed by atoms with Gasteiger partial charge in [0, 0.05) is 6.54 Å². The van der Waals surface area contributed by atoms with Gasteiger partial charge in [-0.1, -0.05) is 0 Å². The lowest BCUT2D eigenvalue weighted by Crippen LogP contribution is -2.53. The van der Waals surface area contributed by atoms with Crippen molar-refractivity contribution in [2.45, 2.75) is 31.1 Å². The van der Waals surface area contributed by atoms with Crippen molar-refractivity contribution in [3.05, 3.63) is 0 Å². The largest absolute Gasteiger partial charge is 0.479 e. The molecule has 102 valence electrons. The summed E-state index contributed by atoms with van der Waals surface area (Å²) < 4.78 is 10.4. The second kappa shape index (κ2) is 5.64. The van der Waals surface area contributed by atoms with Gasteiger partial charge in [0.1, 0.15) is 6.10 Å². The highest BCUT2D eigenvalue weighted by atomic mass is 16.5. The Kier molecular flexibility index (Phi) is 4.15. The molecule has 2 aliphatic rings. The Hall–Kier alpha value is -1.18. The van der Waals surface area contributed by atoms with E-state index in [4.69, 9.17) is 14.6 Å². The van der Waals surface area contributed by atoms with Gasteiger partial charge in [0.15, 0.2) is 6.10 Å². The number of aliphatic carboxylic acids is 1. The summed E-state index contributed by atoms with van der Waals surface area (Å²) in [5.74, 6) is -1.29. The number of hydrogen-bond donors (Lipinski definition) is 2. The van der Waals surface area contributed by atoms with Crippen LogP contribution in [0.3, 0.4) is 0 Å². The number of carbonyl (C=O) groups excluding carboxylic acids is 1. The zero-order valence-corrected chi connectivity index (χ0v) is 9.95. The van der Waals surface area contributed by atoms with E-state index in [-0.39, 0.29) is 18.6 Å². The number of morpholine rings is 1. The molecule has 0 aliphatic carbocycles. The minimum Gasteiger partial charge on any atom is -0.479 e. The molecule has 0 aromatic rings. The molecule has 2 heterocycles. The van der Waals surface area contributed by atoms with Crippen molar-refractivity contribution < 1.29 is 29.3 Å². The van der Waals surface area contributed by atoms with Gasteiger partial charge >= 0.3 is 5.97 Å². The standard InChI is InChI=1S/C11H17NO6/c13-5-7-6-17-4-3-12(7)10(14)8-1-2-9(18-8)11(15)16/h7-9,13H,1-6H2,(H,15,16). The van der Waals surface area contributed by atoms with E-state index in [9.17, 15) is 14.7 Å². The number of aliphatic hydroxyl groups excluding tert-OH is 1. The van der Waals surface area contributed by atoms with Crippen LogP contribution in [-0.4, -0.2) is 71.6 Å². The number of nitrogens with zero attached hydrogens (tertiary/aromatic N) is 1. The maximum absolute atomic E-state index is 12.2. The van der Waals surface area contributed by atoms with Crippen molar-refractivity contribution in [2.75, 3.05) is 26.4 Å². The zero-order chi connectivity index (χ0) is 13.1. The fourth-order valence-electron chi connectivity index (χ4n) is 2.28. The molecule has 2 aliphatic heterocycles. The topological polar surface area (TPSA) is 96.3 Å². The Morgan fingerprint density at radius 2 is 2.00 bits per heavy atom. The zero-order valence-electron chi connectivity index (χ0n) is 9.95. The van der Waals surface area contributed by atoms with E-state index >= 15 is 0 Å². The number of hydrogen-bond acceptors (Lipinski definition) is 5. The molecule has 7 nitrogen and oxygen atoms in total. The van der Waals surface area contributed by atoms with Gasteiger partial charge in [-0.2, -0.15) is 0 Å². The monoisotopic (exact) mass is 259 g/mol. The fraction of sp³-hybridized carbons (Fsp3) is 0.818. The smallest absolute Gasteiger partial charge is 0.332 e. The van der Waals surface area contributed by atoms with Crippen LogP contribution in [0.5, 0.6) is 0 Å². The Bertz CT molecular complexity index is 333. The first-order chi connectivity index (χ1) is 8.63. The maximum atomic E-state index is 12.2. The molecule has 0 aromatic heterocycles. The first-order valence-electron chi connectivity index (χ1n) is 6.01. The molecule has 2 fully saturated rings. The summed E-state index contributed by atoms with van der Waals surface area (Å²) in [7, 11) is 0. The third-order valence-electron chi connectivity index (χ3n) is 3.29. The van der Waals surface area contributed by atoms with Gasteiger partial charge < -0.3 is 24.6 Å². The molecule has 0 bridgehead atoms. The highest BCUT2D eigenvalue weighted by molar-refractivity contribution is 5.83. The molecular formula is C11H17NO6. The van der Waals surface area contributed by atoms with Crippen molar-refractivity contribution in [3.8, 4) is 0 Å². The van der Waals surface area contributed by atoms with Gasteiger partial charge in [-0.3, -0.25) is 4.79 Å². The van der Waals surface area contributed by atoms with Crippen LogP contribution < -0.4 is 0 Å². The number of amides is 1. The fourth-order valence-corrected chi connectivity index (χ4v) is 2.28. The van der Waals surface area contributed by atoms with Crippen LogP contribution >= 0.6 is 0 Å². The van der Waals surface area contributed by atoms with E-state index in [1.807, 2.05) is 0 Å². The van der Waals surface area contributed by atoms with Crippen LogP contribution in [0.1, 0.15) is 12.8 Å². The number of aliphatic hydroxyl groups is 1. The third-order valence-corrected chi connectivity index (χ3v) is 3.29. The van der Waals surface area contributed by atoms with Crippen LogP contribution in [0, 0.1) is 0 Å². The first-order valence-corrected chi connectivity index (χ1v) is 6.01. The summed E-state index contributed by atoms with van der Waals surface area (Å²) in [5.41, 5.74) is 0. The highest BCUT2D eigenvalue weighted by Crippen LogP contribution is 2.23. The quantitative estimate of drug-likeness (QED) is 0.663. The lowest BCUT2D eigenvalue weighted by molar-refractivity contribution is -0.159. The van der Waals surface area contributed by atoms with Gasteiger partial charge in [-0.25, -0.2) is 4.79 Å². The molecule has 1 amide bonds. The number of carboxylic acid groups (broad SMARTS) is 1. The molecular weight excluding hydrogens is 242 g/mol. The molecule has 0 spiro atoms. The Labute approximate surface area is 104 Å². The van der Waals surface area contributed by atoms with Gasteiger partial charge in [0.25, 0.3) is 5.91 Å². The Morgan fingerprint density at radius 3 is 2.61 bits per heavy atom. The number of carboxylic acids is 1. The molecule has 3 unspecified atom stereocenters. The molecule has 0 radical (unpaired) electrons. The minimum atomic E-state index is -1.04. The number of rotatable bonds is 3. The highest BCUT2D eigenvalue weighted by Gasteiger charge is 2.39. The normalized spacial score (nSPS) is 32.5. The van der Waals surface area contributed by atoms with Crippen LogP contribution in [0.4, 0.5) is 0 Å². The van der Waals surface area contributed by atoms with E-state index in [1.165, 1.54) is 4.90 Å². The lowest BCUT2D eigenvalue weighted by atomic mass is 10.1. The van der Waals surface area contributed by atoms with Crippen molar-refractivity contribution in [1.82, 2.24) is 4.90 Å². The molecule has 3 atom stereocenters. The van der Waals surface area contributed by atoms with Crippen molar-refractivity contribution >= 4 is 11.9 Å². The molecule has 2 rings (SSSR count). The van der Waals surface area contributed by atoms with Gasteiger partial charge in [-0.15, -0.1) is 0 Å². The Balaban J connectivity index is 1.96. The minimum absolute atomic E-state index is 0.166. The lowest BCUT2D eigenvalue weighted by Gasteiger charge is -2.35. The molecule has 0 aromatic carbocycles. The van der Waals surface area contributed by atoms with E-state index in [0.717, 1.165) is 0 Å². The molecule has 7 heteroatoms. The van der Waals surface area contributed by atoms with Gasteiger partial charge in [0.2, 0.25) is 0 Å². The van der Waals surface area contributed by atoms with Crippen LogP contribution in [0.25, 0.3) is 0 Å².